The molecule has 0 spiro atoms. The second-order valence-corrected chi connectivity index (χ2v) is 6.16. The fourth-order valence-electron chi connectivity index (χ4n) is 2.16. The van der Waals surface area contributed by atoms with E-state index in [1.54, 1.807) is 26.0 Å². The van der Waals surface area contributed by atoms with Crippen molar-refractivity contribution in [1.29, 1.82) is 0 Å². The first-order chi connectivity index (χ1) is 12.7. The second-order valence-electron chi connectivity index (χ2n) is 5.76. The van der Waals surface area contributed by atoms with Gasteiger partial charge in [-0.05, 0) is 36.6 Å². The predicted octanol–water partition coefficient (Wildman–Crippen LogP) is 2.52. The zero-order valence-corrected chi connectivity index (χ0v) is 16.3. The van der Waals surface area contributed by atoms with Crippen LogP contribution in [0.5, 0.6) is 11.5 Å². The summed E-state index contributed by atoms with van der Waals surface area (Å²) in [7, 11) is 1.47. The lowest BCUT2D eigenvalue weighted by Crippen LogP contribution is -2.45. The molecule has 3 amide bonds. The molecule has 0 aliphatic rings. The Morgan fingerprint density at radius 1 is 1.30 bits per heavy atom. The van der Waals surface area contributed by atoms with Crippen LogP contribution in [0.15, 0.2) is 18.2 Å². The number of halogens is 1. The summed E-state index contributed by atoms with van der Waals surface area (Å²) in [5.41, 5.74) is 5.49. The molecule has 1 aromatic rings. The van der Waals surface area contributed by atoms with Gasteiger partial charge in [0, 0.05) is 6.08 Å². The molecule has 148 valence electrons. The molecule has 0 saturated carbocycles. The van der Waals surface area contributed by atoms with Crippen LogP contribution in [0.2, 0.25) is 5.02 Å². The summed E-state index contributed by atoms with van der Waals surface area (Å²) >= 11 is 6.15. The molecule has 8 nitrogen and oxygen atoms in total. The van der Waals surface area contributed by atoms with Crippen LogP contribution in [-0.2, 0) is 14.3 Å². The number of methoxy groups -OCH3 is 1. The van der Waals surface area contributed by atoms with Gasteiger partial charge < -0.3 is 19.9 Å². The lowest BCUT2D eigenvalue weighted by atomic mass is 10.1. The number of carbonyl (C=O) groups is 3. The lowest BCUT2D eigenvalue weighted by molar-refractivity contribution is -0.153. The van der Waals surface area contributed by atoms with Crippen molar-refractivity contribution >= 4 is 35.6 Å². The van der Waals surface area contributed by atoms with E-state index in [0.29, 0.717) is 28.7 Å². The van der Waals surface area contributed by atoms with E-state index < -0.39 is 24.0 Å². The summed E-state index contributed by atoms with van der Waals surface area (Å²) in [4.78, 5) is 34.7. The standard InChI is InChI=1S/C18H23ClN2O6/c1-5-26-13-9-11(8-12(19)16(13)25-4)6-7-14(22)27-15(10(2)3)17(23)21-18(20)24/h6-10,15H,5H2,1-4H3,(H3,20,21,23,24)/b7-6+/t15-/m0/s1. The Bertz CT molecular complexity index is 733. The number of imide groups is 1. The molecule has 0 fully saturated rings. The average Bonchev–Trinajstić information content (AvgIpc) is 2.57. The van der Waals surface area contributed by atoms with Crippen molar-refractivity contribution in [3.8, 4) is 11.5 Å². The number of benzene rings is 1. The number of esters is 1. The van der Waals surface area contributed by atoms with Gasteiger partial charge in [0.1, 0.15) is 0 Å². The third-order valence-corrected chi connectivity index (χ3v) is 3.58. The molecule has 9 heteroatoms. The van der Waals surface area contributed by atoms with Gasteiger partial charge in [0.15, 0.2) is 17.6 Å². The van der Waals surface area contributed by atoms with Crippen molar-refractivity contribution in [3.05, 3.63) is 28.8 Å². The van der Waals surface area contributed by atoms with Gasteiger partial charge in [-0.3, -0.25) is 10.1 Å². The number of ether oxygens (including phenoxy) is 3. The molecule has 0 unspecified atom stereocenters. The van der Waals surface area contributed by atoms with Crippen LogP contribution >= 0.6 is 11.6 Å². The van der Waals surface area contributed by atoms with E-state index in [2.05, 4.69) is 0 Å². The van der Waals surface area contributed by atoms with E-state index in [9.17, 15) is 14.4 Å². The molecule has 27 heavy (non-hydrogen) atoms. The Hall–Kier alpha value is -2.74. The number of rotatable bonds is 8. The maximum Gasteiger partial charge on any atom is 0.331 e. The van der Waals surface area contributed by atoms with Crippen LogP contribution in [0.4, 0.5) is 4.79 Å². The number of carbonyl (C=O) groups excluding carboxylic acids is 3. The number of urea groups is 1. The van der Waals surface area contributed by atoms with E-state index >= 15 is 0 Å². The Labute approximate surface area is 162 Å². The molecule has 1 atom stereocenters. The molecule has 0 radical (unpaired) electrons. The van der Waals surface area contributed by atoms with Gasteiger partial charge >= 0.3 is 12.0 Å². The number of nitrogens with one attached hydrogen (secondary N) is 1. The number of primary amides is 1. The lowest BCUT2D eigenvalue weighted by Gasteiger charge is -2.18. The van der Waals surface area contributed by atoms with Gasteiger partial charge in [-0.25, -0.2) is 9.59 Å². The summed E-state index contributed by atoms with van der Waals surface area (Å²) in [6, 6.07) is 2.22. The fraction of sp³-hybridized carbons (Fsp3) is 0.389. The predicted molar refractivity (Wildman–Crippen MR) is 101 cm³/mol. The average molecular weight is 399 g/mol. The number of nitrogens with two attached hydrogens (primary N) is 1. The van der Waals surface area contributed by atoms with Gasteiger partial charge in [0.25, 0.3) is 5.91 Å². The Morgan fingerprint density at radius 2 is 1.96 bits per heavy atom. The fourth-order valence-corrected chi connectivity index (χ4v) is 2.46. The minimum atomic E-state index is -1.16. The van der Waals surface area contributed by atoms with Crippen LogP contribution in [0, 0.1) is 5.92 Å². The Morgan fingerprint density at radius 3 is 2.48 bits per heavy atom. The summed E-state index contributed by atoms with van der Waals surface area (Å²) in [5, 5.41) is 2.21. The Kier molecular flexibility index (Phi) is 8.61. The zero-order valence-electron chi connectivity index (χ0n) is 15.6. The molecular formula is C18H23ClN2O6. The van der Waals surface area contributed by atoms with Gasteiger partial charge in [0.05, 0.1) is 18.7 Å². The highest BCUT2D eigenvalue weighted by Gasteiger charge is 2.26. The van der Waals surface area contributed by atoms with E-state index in [4.69, 9.17) is 31.5 Å². The van der Waals surface area contributed by atoms with Gasteiger partial charge in [-0.2, -0.15) is 0 Å². The summed E-state index contributed by atoms with van der Waals surface area (Å²) < 4.78 is 15.8. The summed E-state index contributed by atoms with van der Waals surface area (Å²) in [5.74, 6) is -1.09. The Balaban J connectivity index is 2.93. The molecule has 0 heterocycles. The van der Waals surface area contributed by atoms with Crippen LogP contribution in [0.1, 0.15) is 26.3 Å². The highest BCUT2D eigenvalue weighted by atomic mass is 35.5. The molecule has 0 aromatic heterocycles. The minimum Gasteiger partial charge on any atom is -0.491 e. The summed E-state index contributed by atoms with van der Waals surface area (Å²) in [6.07, 6.45) is 1.44. The van der Waals surface area contributed by atoms with Crippen molar-refractivity contribution in [2.45, 2.75) is 26.9 Å². The molecule has 0 aliphatic heterocycles. The molecule has 1 rings (SSSR count). The maximum absolute atomic E-state index is 12.0. The van der Waals surface area contributed by atoms with Gasteiger partial charge in [-0.1, -0.05) is 25.4 Å². The molecule has 1 aromatic carbocycles. The molecule has 0 bridgehead atoms. The third-order valence-electron chi connectivity index (χ3n) is 3.30. The SMILES string of the molecule is CCOc1cc(/C=C/C(=O)O[C@H](C(=O)NC(N)=O)C(C)C)cc(Cl)c1OC. The molecular weight excluding hydrogens is 376 g/mol. The van der Waals surface area contributed by atoms with Gasteiger partial charge in [0.2, 0.25) is 0 Å². The highest BCUT2D eigenvalue weighted by molar-refractivity contribution is 6.32. The minimum absolute atomic E-state index is 0.317. The van der Waals surface area contributed by atoms with Crippen LogP contribution in [0.25, 0.3) is 6.08 Å². The van der Waals surface area contributed by atoms with Crippen LogP contribution in [0.3, 0.4) is 0 Å². The van der Waals surface area contributed by atoms with Crippen molar-refractivity contribution < 1.29 is 28.6 Å². The quantitative estimate of drug-likeness (QED) is 0.513. The van der Waals surface area contributed by atoms with Crippen LogP contribution in [-0.4, -0.2) is 37.7 Å². The first kappa shape index (κ1) is 22.3. The number of hydrogen-bond acceptors (Lipinski definition) is 6. The van der Waals surface area contributed by atoms with Crippen molar-refractivity contribution in [3.63, 3.8) is 0 Å². The topological polar surface area (TPSA) is 117 Å². The van der Waals surface area contributed by atoms with E-state index in [0.717, 1.165) is 6.08 Å². The third kappa shape index (κ3) is 6.82. The maximum atomic E-state index is 12.0. The highest BCUT2D eigenvalue weighted by Crippen LogP contribution is 2.36. The molecule has 0 aliphatic carbocycles. The number of amides is 3. The normalized spacial score (nSPS) is 11.9. The molecule has 3 N–H and O–H groups in total. The van der Waals surface area contributed by atoms with E-state index in [1.807, 2.05) is 12.2 Å². The van der Waals surface area contributed by atoms with Gasteiger partial charge in [-0.15, -0.1) is 0 Å². The van der Waals surface area contributed by atoms with Crippen molar-refractivity contribution in [2.75, 3.05) is 13.7 Å². The first-order valence-corrected chi connectivity index (χ1v) is 8.56. The van der Waals surface area contributed by atoms with Crippen LogP contribution < -0.4 is 20.5 Å². The van der Waals surface area contributed by atoms with Crippen molar-refractivity contribution in [2.24, 2.45) is 11.7 Å². The van der Waals surface area contributed by atoms with E-state index in [1.165, 1.54) is 13.2 Å². The van der Waals surface area contributed by atoms with Crippen molar-refractivity contribution in [1.82, 2.24) is 5.32 Å². The first-order valence-electron chi connectivity index (χ1n) is 8.18. The largest absolute Gasteiger partial charge is 0.491 e. The number of hydrogen-bond donors (Lipinski definition) is 2. The second kappa shape index (κ2) is 10.4. The zero-order chi connectivity index (χ0) is 20.6. The smallest absolute Gasteiger partial charge is 0.331 e. The summed E-state index contributed by atoms with van der Waals surface area (Å²) in [6.45, 7) is 5.56. The van der Waals surface area contributed by atoms with E-state index in [-0.39, 0.29) is 5.92 Å². The molecule has 0 saturated heterocycles. The monoisotopic (exact) mass is 398 g/mol.